The molecule has 0 saturated carbocycles. The summed E-state index contributed by atoms with van der Waals surface area (Å²) in [6.07, 6.45) is 0. The maximum atomic E-state index is 13.7. The Labute approximate surface area is 155 Å². The molecule has 4 nitrogen and oxygen atoms in total. The van der Waals surface area contributed by atoms with E-state index < -0.39 is 5.97 Å². The molecule has 1 heterocycles. The Hall–Kier alpha value is -3.47. The number of carboxylic acid groups (broad SMARTS) is 1. The number of fused-ring (bicyclic) bond motifs is 1. The van der Waals surface area contributed by atoms with E-state index in [0.717, 1.165) is 16.3 Å². The third-order valence-corrected chi connectivity index (χ3v) is 4.64. The highest BCUT2D eigenvalue weighted by Gasteiger charge is 2.22. The fraction of sp³-hybridized carbons (Fsp3) is 0.0909. The van der Waals surface area contributed by atoms with Gasteiger partial charge in [-0.2, -0.15) is 0 Å². The molecule has 0 unspecified atom stereocenters. The van der Waals surface area contributed by atoms with Crippen LogP contribution in [-0.4, -0.2) is 20.6 Å². The molecule has 0 bridgehead atoms. The van der Waals surface area contributed by atoms with Crippen molar-refractivity contribution in [1.82, 2.24) is 9.55 Å². The van der Waals surface area contributed by atoms with E-state index in [-0.39, 0.29) is 11.5 Å². The molecule has 1 N–H and O–H groups in total. The second-order valence-corrected chi connectivity index (χ2v) is 6.41. The van der Waals surface area contributed by atoms with Crippen molar-refractivity contribution in [3.63, 3.8) is 0 Å². The minimum absolute atomic E-state index is 0.113. The zero-order valence-corrected chi connectivity index (χ0v) is 14.7. The van der Waals surface area contributed by atoms with Crippen LogP contribution in [0.5, 0.6) is 0 Å². The molecular formula is C22H17FN2O2. The van der Waals surface area contributed by atoms with Crippen molar-refractivity contribution >= 4 is 16.7 Å². The molecule has 5 heteroatoms. The van der Waals surface area contributed by atoms with E-state index in [1.54, 1.807) is 23.6 Å². The third kappa shape index (κ3) is 3.08. The first-order valence-corrected chi connectivity index (χ1v) is 8.57. The molecule has 0 aliphatic heterocycles. The van der Waals surface area contributed by atoms with Gasteiger partial charge in [-0.1, -0.05) is 54.6 Å². The Bertz CT molecular complexity index is 1160. The average molecular weight is 360 g/mol. The number of carbonyl (C=O) groups is 1. The van der Waals surface area contributed by atoms with Gasteiger partial charge in [-0.05, 0) is 35.4 Å². The molecule has 134 valence electrons. The number of nitrogens with zero attached hydrogens (tertiary/aromatic N) is 2. The van der Waals surface area contributed by atoms with Gasteiger partial charge in [-0.25, -0.2) is 14.2 Å². The van der Waals surface area contributed by atoms with Crippen molar-refractivity contribution < 1.29 is 14.3 Å². The summed E-state index contributed by atoms with van der Waals surface area (Å²) in [7, 11) is 0. The Kier molecular flexibility index (Phi) is 4.20. The first kappa shape index (κ1) is 17.0. The van der Waals surface area contributed by atoms with Gasteiger partial charge in [0.25, 0.3) is 0 Å². The molecular weight excluding hydrogens is 343 g/mol. The van der Waals surface area contributed by atoms with Crippen molar-refractivity contribution in [1.29, 1.82) is 0 Å². The number of hydrogen-bond acceptors (Lipinski definition) is 2. The van der Waals surface area contributed by atoms with Crippen molar-refractivity contribution in [2.45, 2.75) is 13.5 Å². The fourth-order valence-corrected chi connectivity index (χ4v) is 3.45. The number of aryl methyl sites for hydroxylation is 1. The summed E-state index contributed by atoms with van der Waals surface area (Å²) in [5.74, 6) is -0.998. The molecule has 0 saturated heterocycles. The molecule has 0 aliphatic carbocycles. The smallest absolute Gasteiger partial charge is 0.354 e. The quantitative estimate of drug-likeness (QED) is 0.563. The van der Waals surface area contributed by atoms with E-state index in [2.05, 4.69) is 4.98 Å². The molecule has 1 aromatic heterocycles. The van der Waals surface area contributed by atoms with Gasteiger partial charge in [0.1, 0.15) is 11.6 Å². The van der Waals surface area contributed by atoms with Crippen molar-refractivity contribution in [3.8, 4) is 11.4 Å². The van der Waals surface area contributed by atoms with Crippen LogP contribution < -0.4 is 0 Å². The van der Waals surface area contributed by atoms with Crippen LogP contribution in [0.15, 0.2) is 66.7 Å². The lowest BCUT2D eigenvalue weighted by Crippen LogP contribution is -2.12. The second kappa shape index (κ2) is 6.68. The number of rotatable bonds is 4. The molecule has 4 rings (SSSR count). The predicted octanol–water partition coefficient (Wildman–Crippen LogP) is 4.90. The number of carboxylic acids is 1. The van der Waals surface area contributed by atoms with Gasteiger partial charge in [0.2, 0.25) is 0 Å². The third-order valence-electron chi connectivity index (χ3n) is 4.64. The van der Waals surface area contributed by atoms with E-state index in [1.807, 2.05) is 42.5 Å². The maximum Gasteiger partial charge on any atom is 0.354 e. The highest BCUT2D eigenvalue weighted by Crippen LogP contribution is 2.27. The Morgan fingerprint density at radius 1 is 1.07 bits per heavy atom. The first-order valence-electron chi connectivity index (χ1n) is 8.57. The molecule has 0 amide bonds. The first-order chi connectivity index (χ1) is 13.0. The fourth-order valence-electron chi connectivity index (χ4n) is 3.45. The molecule has 4 aromatic rings. The zero-order chi connectivity index (χ0) is 19.0. The van der Waals surface area contributed by atoms with Crippen molar-refractivity contribution in [2.75, 3.05) is 0 Å². The second-order valence-electron chi connectivity index (χ2n) is 6.41. The van der Waals surface area contributed by atoms with Gasteiger partial charge in [0, 0.05) is 5.56 Å². The van der Waals surface area contributed by atoms with Crippen LogP contribution in [0.3, 0.4) is 0 Å². The Balaban J connectivity index is 1.92. The lowest BCUT2D eigenvalue weighted by atomic mass is 10.0. The minimum atomic E-state index is -1.05. The zero-order valence-electron chi connectivity index (χ0n) is 14.7. The molecule has 0 radical (unpaired) electrons. The predicted molar refractivity (Wildman–Crippen MR) is 102 cm³/mol. The summed E-state index contributed by atoms with van der Waals surface area (Å²) >= 11 is 0. The number of aromatic carboxylic acids is 1. The Morgan fingerprint density at radius 2 is 1.81 bits per heavy atom. The largest absolute Gasteiger partial charge is 0.477 e. The Morgan fingerprint density at radius 3 is 2.59 bits per heavy atom. The molecule has 27 heavy (non-hydrogen) atoms. The number of imidazole rings is 1. The van der Waals surface area contributed by atoms with E-state index in [0.29, 0.717) is 23.6 Å². The maximum absolute atomic E-state index is 13.7. The molecule has 0 spiro atoms. The highest BCUT2D eigenvalue weighted by molar-refractivity contribution is 5.89. The molecule has 0 fully saturated rings. The highest BCUT2D eigenvalue weighted by atomic mass is 19.1. The lowest BCUT2D eigenvalue weighted by molar-refractivity contribution is 0.0685. The number of halogens is 1. The SMILES string of the molecule is Cc1nc(-c2cccc(F)c2)n(Cc2cccc3ccccc23)c1C(=O)O. The van der Waals surface area contributed by atoms with Gasteiger partial charge in [0.05, 0.1) is 12.2 Å². The summed E-state index contributed by atoms with van der Waals surface area (Å²) in [6.45, 7) is 1.99. The van der Waals surface area contributed by atoms with E-state index in [9.17, 15) is 14.3 Å². The standard InChI is InChI=1S/C22H17FN2O2/c1-14-20(22(26)27)25(21(24-14)16-8-5-10-18(23)12-16)13-17-9-4-7-15-6-2-3-11-19(15)17/h2-12H,13H2,1H3,(H,26,27). The van der Waals surface area contributed by atoms with Crippen molar-refractivity contribution in [2.24, 2.45) is 0 Å². The van der Waals surface area contributed by atoms with Crippen LogP contribution in [0.2, 0.25) is 0 Å². The normalized spacial score (nSPS) is 11.0. The van der Waals surface area contributed by atoms with Crippen LogP contribution in [0.4, 0.5) is 4.39 Å². The van der Waals surface area contributed by atoms with Crippen LogP contribution in [0.25, 0.3) is 22.2 Å². The van der Waals surface area contributed by atoms with Crippen LogP contribution in [0.1, 0.15) is 21.7 Å². The van der Waals surface area contributed by atoms with Crippen molar-refractivity contribution in [3.05, 3.63) is 89.5 Å². The summed E-state index contributed by atoms with van der Waals surface area (Å²) < 4.78 is 15.4. The van der Waals surface area contributed by atoms with Crippen LogP contribution in [0, 0.1) is 12.7 Å². The van der Waals surface area contributed by atoms with E-state index in [4.69, 9.17) is 0 Å². The van der Waals surface area contributed by atoms with Gasteiger partial charge >= 0.3 is 5.97 Å². The van der Waals surface area contributed by atoms with Gasteiger partial charge < -0.3 is 9.67 Å². The number of hydrogen-bond donors (Lipinski definition) is 1. The van der Waals surface area contributed by atoms with Gasteiger partial charge in [-0.15, -0.1) is 0 Å². The lowest BCUT2D eigenvalue weighted by Gasteiger charge is -2.13. The molecule has 0 aliphatic rings. The van der Waals surface area contributed by atoms with Gasteiger partial charge in [-0.3, -0.25) is 0 Å². The summed E-state index contributed by atoms with van der Waals surface area (Å²) in [4.78, 5) is 16.3. The van der Waals surface area contributed by atoms with E-state index in [1.165, 1.54) is 12.1 Å². The summed E-state index contributed by atoms with van der Waals surface area (Å²) in [6, 6.07) is 19.9. The van der Waals surface area contributed by atoms with Gasteiger partial charge in [0.15, 0.2) is 5.69 Å². The van der Waals surface area contributed by atoms with Crippen LogP contribution in [-0.2, 0) is 6.54 Å². The topological polar surface area (TPSA) is 55.1 Å². The monoisotopic (exact) mass is 360 g/mol. The minimum Gasteiger partial charge on any atom is -0.477 e. The summed E-state index contributed by atoms with van der Waals surface area (Å²) in [5.41, 5.74) is 2.04. The molecule has 3 aromatic carbocycles. The average Bonchev–Trinajstić information content (AvgIpc) is 2.98. The summed E-state index contributed by atoms with van der Waals surface area (Å²) in [5, 5.41) is 11.8. The number of aromatic nitrogens is 2. The van der Waals surface area contributed by atoms with E-state index >= 15 is 0 Å². The molecule has 0 atom stereocenters. The van der Waals surface area contributed by atoms with Crippen LogP contribution >= 0.6 is 0 Å². The number of benzene rings is 3.